The predicted octanol–water partition coefficient (Wildman–Crippen LogP) is 1.97. The number of hydrogen-bond donors (Lipinski definition) is 1. The van der Waals surface area contributed by atoms with Gasteiger partial charge in [-0.3, -0.25) is 0 Å². The molecule has 1 nitrogen and oxygen atoms in total. The zero-order chi connectivity index (χ0) is 7.56. The van der Waals surface area contributed by atoms with Crippen molar-refractivity contribution in [1.82, 2.24) is 0 Å². The van der Waals surface area contributed by atoms with Crippen LogP contribution in [0, 0.1) is 11.8 Å². The molecule has 0 unspecified atom stereocenters. The van der Waals surface area contributed by atoms with Gasteiger partial charge >= 0.3 is 0 Å². The van der Waals surface area contributed by atoms with E-state index >= 15 is 0 Å². The molecular formula is C9H16O. The highest BCUT2D eigenvalue weighted by Gasteiger charge is 2.27. The lowest BCUT2D eigenvalue weighted by atomic mass is 10.1. The van der Waals surface area contributed by atoms with E-state index in [1.807, 2.05) is 6.08 Å². The topological polar surface area (TPSA) is 20.2 Å². The molecule has 10 heavy (non-hydrogen) atoms. The molecule has 1 aliphatic carbocycles. The van der Waals surface area contributed by atoms with E-state index in [-0.39, 0.29) is 6.10 Å². The third-order valence-corrected chi connectivity index (χ3v) is 1.80. The van der Waals surface area contributed by atoms with Crippen molar-refractivity contribution in [1.29, 1.82) is 0 Å². The first-order chi connectivity index (χ1) is 4.70. The van der Waals surface area contributed by atoms with E-state index in [4.69, 9.17) is 0 Å². The predicted molar refractivity (Wildman–Crippen MR) is 42.7 cm³/mol. The minimum absolute atomic E-state index is 0.164. The standard InChI is InChI=1S/C9H16O/c1-7(2)3-6-9(10)8-4-5-8/h3,6-10H,4-5H2,1-2H3/b6-3+/t9-/m0/s1. The van der Waals surface area contributed by atoms with Crippen LogP contribution >= 0.6 is 0 Å². The molecule has 1 N–H and O–H groups in total. The third kappa shape index (κ3) is 2.53. The Labute approximate surface area is 62.8 Å². The van der Waals surface area contributed by atoms with Gasteiger partial charge in [-0.25, -0.2) is 0 Å². The van der Waals surface area contributed by atoms with Crippen LogP contribution in [0.5, 0.6) is 0 Å². The summed E-state index contributed by atoms with van der Waals surface area (Å²) in [5.41, 5.74) is 0. The van der Waals surface area contributed by atoms with E-state index in [0.29, 0.717) is 11.8 Å². The normalized spacial score (nSPS) is 22.4. The van der Waals surface area contributed by atoms with Crippen molar-refractivity contribution in [3.63, 3.8) is 0 Å². The number of rotatable bonds is 3. The molecule has 0 radical (unpaired) electrons. The van der Waals surface area contributed by atoms with Gasteiger partial charge in [0.15, 0.2) is 0 Å². The molecule has 1 heteroatoms. The maximum atomic E-state index is 9.35. The number of aliphatic hydroxyl groups is 1. The fraction of sp³-hybridized carbons (Fsp3) is 0.778. The average molecular weight is 140 g/mol. The first-order valence-corrected chi connectivity index (χ1v) is 4.06. The first kappa shape index (κ1) is 7.80. The van der Waals surface area contributed by atoms with Gasteiger partial charge in [-0.1, -0.05) is 26.0 Å². The summed E-state index contributed by atoms with van der Waals surface area (Å²) in [5, 5.41) is 9.35. The molecular weight excluding hydrogens is 124 g/mol. The molecule has 0 spiro atoms. The molecule has 1 rings (SSSR count). The molecule has 1 atom stereocenters. The summed E-state index contributed by atoms with van der Waals surface area (Å²) >= 11 is 0. The van der Waals surface area contributed by atoms with Crippen molar-refractivity contribution < 1.29 is 5.11 Å². The van der Waals surface area contributed by atoms with Gasteiger partial charge in [0, 0.05) is 0 Å². The number of allylic oxidation sites excluding steroid dienone is 1. The van der Waals surface area contributed by atoms with Crippen molar-refractivity contribution in [2.45, 2.75) is 32.8 Å². The van der Waals surface area contributed by atoms with Crippen LogP contribution in [0.2, 0.25) is 0 Å². The lowest BCUT2D eigenvalue weighted by Crippen LogP contribution is -2.04. The Hall–Kier alpha value is -0.300. The summed E-state index contributed by atoms with van der Waals surface area (Å²) in [4.78, 5) is 0. The molecule has 58 valence electrons. The van der Waals surface area contributed by atoms with Gasteiger partial charge < -0.3 is 5.11 Å². The van der Waals surface area contributed by atoms with Gasteiger partial charge in [-0.05, 0) is 24.7 Å². The van der Waals surface area contributed by atoms with Gasteiger partial charge in [0.05, 0.1) is 6.10 Å². The molecule has 0 aromatic heterocycles. The first-order valence-electron chi connectivity index (χ1n) is 4.06. The highest BCUT2D eigenvalue weighted by atomic mass is 16.3. The van der Waals surface area contributed by atoms with Crippen LogP contribution in [-0.2, 0) is 0 Å². The molecule has 1 aliphatic rings. The fourth-order valence-corrected chi connectivity index (χ4v) is 0.931. The second-order valence-electron chi connectivity index (χ2n) is 3.46. The molecule has 0 aromatic carbocycles. The molecule has 0 aromatic rings. The van der Waals surface area contributed by atoms with E-state index in [1.54, 1.807) is 0 Å². The van der Waals surface area contributed by atoms with Crippen LogP contribution in [0.15, 0.2) is 12.2 Å². The summed E-state index contributed by atoms with van der Waals surface area (Å²) in [5.74, 6) is 1.14. The molecule has 0 bridgehead atoms. The molecule has 1 saturated carbocycles. The monoisotopic (exact) mass is 140 g/mol. The quantitative estimate of drug-likeness (QED) is 0.594. The molecule has 0 amide bonds. The maximum absolute atomic E-state index is 9.35. The second kappa shape index (κ2) is 3.20. The van der Waals surface area contributed by atoms with Crippen LogP contribution in [-0.4, -0.2) is 11.2 Å². The Balaban J connectivity index is 2.21. The lowest BCUT2D eigenvalue weighted by Gasteiger charge is -2.01. The van der Waals surface area contributed by atoms with Crippen molar-refractivity contribution in [2.75, 3.05) is 0 Å². The largest absolute Gasteiger partial charge is 0.389 e. The van der Waals surface area contributed by atoms with Gasteiger partial charge in [0.2, 0.25) is 0 Å². The van der Waals surface area contributed by atoms with Crippen LogP contribution in [0.25, 0.3) is 0 Å². The van der Waals surface area contributed by atoms with Crippen molar-refractivity contribution in [3.05, 3.63) is 12.2 Å². The molecule has 1 fully saturated rings. The van der Waals surface area contributed by atoms with E-state index in [1.165, 1.54) is 12.8 Å². The van der Waals surface area contributed by atoms with E-state index in [0.717, 1.165) is 0 Å². The van der Waals surface area contributed by atoms with Crippen molar-refractivity contribution in [3.8, 4) is 0 Å². The van der Waals surface area contributed by atoms with E-state index in [9.17, 15) is 5.11 Å². The lowest BCUT2D eigenvalue weighted by molar-refractivity contribution is 0.199. The van der Waals surface area contributed by atoms with Gasteiger partial charge in [-0.15, -0.1) is 0 Å². The zero-order valence-electron chi connectivity index (χ0n) is 6.75. The minimum Gasteiger partial charge on any atom is -0.389 e. The second-order valence-corrected chi connectivity index (χ2v) is 3.46. The van der Waals surface area contributed by atoms with Gasteiger partial charge in [0.25, 0.3) is 0 Å². The maximum Gasteiger partial charge on any atom is 0.0749 e. The van der Waals surface area contributed by atoms with E-state index in [2.05, 4.69) is 19.9 Å². The molecule has 0 heterocycles. The summed E-state index contributed by atoms with van der Waals surface area (Å²) < 4.78 is 0. The summed E-state index contributed by atoms with van der Waals surface area (Å²) in [6.45, 7) is 4.24. The smallest absolute Gasteiger partial charge is 0.0749 e. The minimum atomic E-state index is -0.164. The Morgan fingerprint density at radius 1 is 1.30 bits per heavy atom. The number of aliphatic hydroxyl groups excluding tert-OH is 1. The molecule has 0 aliphatic heterocycles. The Bertz CT molecular complexity index is 123. The van der Waals surface area contributed by atoms with Crippen molar-refractivity contribution >= 4 is 0 Å². The average Bonchev–Trinajstić information content (AvgIpc) is 2.63. The summed E-state index contributed by atoms with van der Waals surface area (Å²) in [7, 11) is 0. The fourth-order valence-electron chi connectivity index (χ4n) is 0.931. The van der Waals surface area contributed by atoms with Gasteiger partial charge in [0.1, 0.15) is 0 Å². The van der Waals surface area contributed by atoms with Crippen LogP contribution < -0.4 is 0 Å². The summed E-state index contributed by atoms with van der Waals surface area (Å²) in [6.07, 6.45) is 6.26. The van der Waals surface area contributed by atoms with Crippen LogP contribution in [0.4, 0.5) is 0 Å². The Kier molecular flexibility index (Phi) is 2.50. The van der Waals surface area contributed by atoms with Crippen LogP contribution in [0.3, 0.4) is 0 Å². The Morgan fingerprint density at radius 2 is 1.90 bits per heavy atom. The highest BCUT2D eigenvalue weighted by molar-refractivity contribution is 4.97. The third-order valence-electron chi connectivity index (χ3n) is 1.80. The zero-order valence-corrected chi connectivity index (χ0v) is 6.75. The molecule has 0 saturated heterocycles. The highest BCUT2D eigenvalue weighted by Crippen LogP contribution is 2.33. The summed E-state index contributed by atoms with van der Waals surface area (Å²) in [6, 6.07) is 0. The SMILES string of the molecule is CC(C)/C=C/[C@H](O)C1CC1. The Morgan fingerprint density at radius 3 is 2.30 bits per heavy atom. The van der Waals surface area contributed by atoms with E-state index < -0.39 is 0 Å². The van der Waals surface area contributed by atoms with Crippen molar-refractivity contribution in [2.24, 2.45) is 11.8 Å². The van der Waals surface area contributed by atoms with Crippen LogP contribution in [0.1, 0.15) is 26.7 Å². The van der Waals surface area contributed by atoms with Gasteiger partial charge in [-0.2, -0.15) is 0 Å². The number of hydrogen-bond acceptors (Lipinski definition) is 1.